The molecule has 6 aromatic rings. The van der Waals surface area contributed by atoms with Gasteiger partial charge in [-0.2, -0.15) is 0 Å². The van der Waals surface area contributed by atoms with Crippen molar-refractivity contribution in [3.05, 3.63) is 227 Å². The SMILES string of the molecule is CC(C)(C)c1ccc(C(=O)CCCN2CCC(OC(c3ccccc3)c3ccccc3)CC2)cc1.CC(C)(C)c1ccc(C(=O)CCCN2CCC(OC(c3ccccc3)c3ccccc3)CC2)cc1.O=C(O)/C=C\C(=O)O. The number of aliphatic carboxylic acids is 2. The lowest BCUT2D eigenvalue weighted by atomic mass is 9.86. The van der Waals surface area contributed by atoms with Crippen molar-refractivity contribution >= 4 is 23.5 Å². The van der Waals surface area contributed by atoms with Crippen molar-refractivity contribution in [1.82, 2.24) is 9.80 Å². The summed E-state index contributed by atoms with van der Waals surface area (Å²) in [5, 5.41) is 15.6. The number of likely N-dealkylation sites (tertiary alicyclic amines) is 2. The number of carboxylic acids is 2. The van der Waals surface area contributed by atoms with Crippen LogP contribution in [0.15, 0.2) is 182 Å². The van der Waals surface area contributed by atoms with Gasteiger partial charge in [-0.3, -0.25) is 9.59 Å². The van der Waals surface area contributed by atoms with E-state index < -0.39 is 11.9 Å². The molecule has 0 saturated carbocycles. The van der Waals surface area contributed by atoms with E-state index in [4.69, 9.17) is 19.7 Å². The second-order valence-electron chi connectivity index (χ2n) is 22.5. The first-order chi connectivity index (χ1) is 37.4. The average molecular weight is 1060 g/mol. The van der Waals surface area contributed by atoms with Crippen LogP contribution in [0.3, 0.4) is 0 Å². The Kier molecular flexibility index (Phi) is 23.5. The van der Waals surface area contributed by atoms with Gasteiger partial charge in [0.25, 0.3) is 0 Å². The predicted molar refractivity (Wildman–Crippen MR) is 312 cm³/mol. The van der Waals surface area contributed by atoms with Crippen molar-refractivity contribution in [2.45, 2.75) is 128 Å². The number of ketones is 2. The summed E-state index contributed by atoms with van der Waals surface area (Å²) in [5.74, 6) is -2.02. The molecule has 10 nitrogen and oxygen atoms in total. The Labute approximate surface area is 464 Å². The van der Waals surface area contributed by atoms with E-state index in [1.54, 1.807) is 0 Å². The summed E-state index contributed by atoms with van der Waals surface area (Å²) in [4.78, 5) is 49.4. The van der Waals surface area contributed by atoms with Gasteiger partial charge in [0.05, 0.1) is 12.2 Å². The number of nitrogens with zero attached hydrogens (tertiary/aromatic N) is 2. The summed E-state index contributed by atoms with van der Waals surface area (Å²) in [6, 6.07) is 58.4. The molecule has 0 aromatic heterocycles. The lowest BCUT2D eigenvalue weighted by Gasteiger charge is -2.34. The molecule has 2 aliphatic rings. The van der Waals surface area contributed by atoms with E-state index in [1.165, 1.54) is 33.4 Å². The third-order valence-electron chi connectivity index (χ3n) is 14.4. The van der Waals surface area contributed by atoms with Crippen LogP contribution in [-0.4, -0.2) is 95.0 Å². The standard InChI is InChI=1S/2C32H39NO2.C4H4O4/c2*1-32(2,3)28-18-16-25(17-19-28)30(34)15-10-22-33-23-20-29(21-24-33)35-31(26-11-6-4-7-12-26)27-13-8-5-9-14-27;5-3(6)1-2-4(7)8/h2*4-9,11-14,16-19,29,31H,10,15,20-24H2,1-3H3;1-2H,(H,5,6)(H,7,8)/b;;2-1-. The highest BCUT2D eigenvalue weighted by atomic mass is 16.5. The summed E-state index contributed by atoms with van der Waals surface area (Å²) in [7, 11) is 0. The maximum absolute atomic E-state index is 12.7. The van der Waals surface area contributed by atoms with Crippen molar-refractivity contribution in [1.29, 1.82) is 0 Å². The summed E-state index contributed by atoms with van der Waals surface area (Å²) >= 11 is 0. The number of ether oxygens (including phenoxy) is 2. The Morgan fingerprint density at radius 3 is 0.962 bits per heavy atom. The first kappa shape index (κ1) is 60.4. The van der Waals surface area contributed by atoms with Gasteiger partial charge in [-0.05, 0) is 95.8 Å². The number of Topliss-reactive ketones (excluding diaryl/α,β-unsaturated/α-hetero) is 2. The number of hydrogen-bond donors (Lipinski definition) is 2. The Hall–Kier alpha value is -6.82. The molecule has 78 heavy (non-hydrogen) atoms. The molecule has 0 spiro atoms. The average Bonchev–Trinajstić information content (AvgIpc) is 3.45. The molecule has 0 amide bonds. The topological polar surface area (TPSA) is 134 Å². The van der Waals surface area contributed by atoms with Gasteiger partial charge in [-0.15, -0.1) is 0 Å². The molecule has 2 aliphatic heterocycles. The van der Waals surface area contributed by atoms with Gasteiger partial charge in [0, 0.05) is 62.3 Å². The maximum Gasteiger partial charge on any atom is 0.328 e. The lowest BCUT2D eigenvalue weighted by Crippen LogP contribution is -2.38. The second kappa shape index (κ2) is 30.4. The Bertz CT molecular complexity index is 2480. The highest BCUT2D eigenvalue weighted by Crippen LogP contribution is 2.32. The molecule has 10 heteroatoms. The van der Waals surface area contributed by atoms with E-state index in [2.05, 4.69) is 197 Å². The van der Waals surface area contributed by atoms with Gasteiger partial charge in [0.15, 0.2) is 11.6 Å². The Morgan fingerprint density at radius 2 is 0.718 bits per heavy atom. The van der Waals surface area contributed by atoms with Gasteiger partial charge in [-0.1, -0.05) is 211 Å². The summed E-state index contributed by atoms with van der Waals surface area (Å²) in [6.45, 7) is 19.2. The van der Waals surface area contributed by atoms with Crippen molar-refractivity contribution in [2.24, 2.45) is 0 Å². The van der Waals surface area contributed by atoms with E-state index in [0.717, 1.165) is 88.9 Å². The summed E-state index contributed by atoms with van der Waals surface area (Å²) < 4.78 is 13.3. The molecule has 8 rings (SSSR count). The fourth-order valence-electron chi connectivity index (χ4n) is 9.80. The minimum Gasteiger partial charge on any atom is -0.478 e. The van der Waals surface area contributed by atoms with Crippen molar-refractivity contribution in [3.63, 3.8) is 0 Å². The van der Waals surface area contributed by atoms with E-state index in [1.807, 2.05) is 24.3 Å². The van der Waals surface area contributed by atoms with Crippen LogP contribution < -0.4 is 0 Å². The van der Waals surface area contributed by atoms with E-state index in [9.17, 15) is 19.2 Å². The van der Waals surface area contributed by atoms with Gasteiger partial charge in [-0.25, -0.2) is 9.59 Å². The molecule has 2 N–H and O–H groups in total. The van der Waals surface area contributed by atoms with E-state index in [-0.39, 0.29) is 46.8 Å². The zero-order valence-corrected chi connectivity index (χ0v) is 46.8. The van der Waals surface area contributed by atoms with Crippen LogP contribution in [0.2, 0.25) is 0 Å². The van der Waals surface area contributed by atoms with Crippen LogP contribution in [-0.2, 0) is 29.9 Å². The smallest absolute Gasteiger partial charge is 0.328 e. The van der Waals surface area contributed by atoms with Crippen molar-refractivity contribution < 1.29 is 38.9 Å². The third kappa shape index (κ3) is 20.2. The van der Waals surface area contributed by atoms with Crippen LogP contribution in [0.4, 0.5) is 0 Å². The zero-order valence-electron chi connectivity index (χ0n) is 46.8. The normalized spacial score (nSPS) is 14.8. The van der Waals surface area contributed by atoms with E-state index >= 15 is 0 Å². The maximum atomic E-state index is 12.7. The minimum atomic E-state index is -1.26. The highest BCUT2D eigenvalue weighted by Gasteiger charge is 2.27. The quantitative estimate of drug-likeness (QED) is 0.0562. The van der Waals surface area contributed by atoms with Gasteiger partial charge < -0.3 is 29.5 Å². The van der Waals surface area contributed by atoms with Gasteiger partial charge in [0.1, 0.15) is 12.2 Å². The minimum absolute atomic E-state index is 0.0313. The molecule has 2 heterocycles. The molecule has 0 bridgehead atoms. The molecule has 2 fully saturated rings. The molecule has 0 atom stereocenters. The molecule has 0 aliphatic carbocycles. The number of carbonyl (C=O) groups is 4. The summed E-state index contributed by atoms with van der Waals surface area (Å²) in [5.41, 5.74) is 9.23. The molecule has 0 unspecified atom stereocenters. The fourth-order valence-corrected chi connectivity index (χ4v) is 9.80. The van der Waals surface area contributed by atoms with Gasteiger partial charge in [0.2, 0.25) is 0 Å². The van der Waals surface area contributed by atoms with Crippen LogP contribution in [0.25, 0.3) is 0 Å². The van der Waals surface area contributed by atoms with Gasteiger partial charge >= 0.3 is 11.9 Å². The first-order valence-electron chi connectivity index (χ1n) is 27.8. The zero-order chi connectivity index (χ0) is 55.9. The number of benzene rings is 6. The van der Waals surface area contributed by atoms with E-state index in [0.29, 0.717) is 25.0 Å². The molecular weight excluding hydrogens is 973 g/mol. The monoisotopic (exact) mass is 1050 g/mol. The third-order valence-corrected chi connectivity index (χ3v) is 14.4. The van der Waals surface area contributed by atoms with Crippen LogP contribution in [0.5, 0.6) is 0 Å². The Balaban J connectivity index is 0.000000221. The molecular formula is C68H82N2O8. The Morgan fingerprint density at radius 1 is 0.449 bits per heavy atom. The molecule has 0 radical (unpaired) electrons. The highest BCUT2D eigenvalue weighted by molar-refractivity contribution is 5.96. The number of piperidine rings is 2. The van der Waals surface area contributed by atoms with Crippen molar-refractivity contribution in [2.75, 3.05) is 39.3 Å². The number of carbonyl (C=O) groups excluding carboxylic acids is 2. The number of carboxylic acid groups (broad SMARTS) is 2. The fraction of sp³-hybridized carbons (Fsp3) is 0.382. The molecule has 412 valence electrons. The van der Waals surface area contributed by atoms with Crippen LogP contribution >= 0.6 is 0 Å². The summed E-state index contributed by atoms with van der Waals surface area (Å²) in [6.07, 6.45) is 8.68. The molecule has 6 aromatic carbocycles. The van der Waals surface area contributed by atoms with Crippen LogP contribution in [0.1, 0.15) is 159 Å². The lowest BCUT2D eigenvalue weighted by molar-refractivity contribution is -0.134. The number of rotatable bonds is 20. The number of hydrogen-bond acceptors (Lipinski definition) is 8. The second-order valence-corrected chi connectivity index (χ2v) is 22.5. The largest absolute Gasteiger partial charge is 0.478 e. The molecule has 2 saturated heterocycles. The predicted octanol–water partition coefficient (Wildman–Crippen LogP) is 14.1. The van der Waals surface area contributed by atoms with Crippen molar-refractivity contribution in [3.8, 4) is 0 Å². The van der Waals surface area contributed by atoms with Crippen LogP contribution in [0, 0.1) is 0 Å². The first-order valence-corrected chi connectivity index (χ1v) is 27.8.